The van der Waals surface area contributed by atoms with Gasteiger partial charge in [-0.2, -0.15) is 0 Å². The molecule has 294 valence electrons. The molecule has 0 atom stereocenters. The first kappa shape index (κ1) is 39.6. The molecule has 2 aromatic heterocycles. The van der Waals surface area contributed by atoms with Gasteiger partial charge in [-0.05, 0) is 53.0 Å². The van der Waals surface area contributed by atoms with E-state index in [0.29, 0.717) is 34.5 Å². The lowest BCUT2D eigenvalue weighted by Gasteiger charge is -2.43. The van der Waals surface area contributed by atoms with Crippen molar-refractivity contribution in [2.24, 2.45) is 7.05 Å². The van der Waals surface area contributed by atoms with Crippen molar-refractivity contribution >= 4 is 46.4 Å². The minimum atomic E-state index is -3.51. The Bertz CT molecular complexity index is 2590. The average Bonchev–Trinajstić information content (AvgIpc) is 3.68. The van der Waals surface area contributed by atoms with Crippen LogP contribution in [0.25, 0.3) is 33.1 Å². The van der Waals surface area contributed by atoms with Crippen molar-refractivity contribution < 1.29 is 35.9 Å². The van der Waals surface area contributed by atoms with Crippen LogP contribution in [0.5, 0.6) is 5.75 Å². The van der Waals surface area contributed by atoms with Gasteiger partial charge in [-0.1, -0.05) is 99.6 Å². The fourth-order valence-corrected chi connectivity index (χ4v) is 12.6. The zero-order chi connectivity index (χ0) is 41.0. The van der Waals surface area contributed by atoms with E-state index < -0.39 is 61.2 Å². The van der Waals surface area contributed by atoms with E-state index in [4.69, 9.17) is 14.1 Å². The quantitative estimate of drug-likeness (QED) is 0.0567. The third-order valence-electron chi connectivity index (χ3n) is 10.7. The Morgan fingerprint density at radius 2 is 1.44 bits per heavy atom. The minimum absolute atomic E-state index is 0.104. The van der Waals surface area contributed by atoms with Gasteiger partial charge in [0.05, 0.1) is 24.7 Å². The molecule has 0 saturated heterocycles. The van der Waals surface area contributed by atoms with Crippen molar-refractivity contribution in [1.82, 2.24) is 14.1 Å². The van der Waals surface area contributed by atoms with Gasteiger partial charge >= 0.3 is 0 Å². The van der Waals surface area contributed by atoms with Crippen molar-refractivity contribution in [1.29, 1.82) is 0 Å². The number of fused-ring (bicyclic) bond motifs is 2. The number of alkyl halides is 2. The standard InChI is InChI=1S/C45H42F5N3O3Si/c1-27-21-37-40(51-28(2)52(37)6)43(55-7)38(27)33-20-14-19-32-34(42(54)29-22-35(46)39(48)36(47)23-29)24-53(41(32)33)25-45(49,50)26-56-57(44(3,4)5,30-15-10-8-11-16-30)31-17-12-9-13-18-31/h8-24H,25-26H2,1-7H3. The highest BCUT2D eigenvalue weighted by atomic mass is 28.4. The number of benzene rings is 5. The van der Waals surface area contributed by atoms with E-state index in [1.54, 1.807) is 18.2 Å². The molecule has 0 unspecified atom stereocenters. The molecule has 2 heterocycles. The second kappa shape index (κ2) is 14.7. The molecule has 0 fully saturated rings. The van der Waals surface area contributed by atoms with Crippen LogP contribution in [0.1, 0.15) is 48.1 Å². The van der Waals surface area contributed by atoms with Crippen molar-refractivity contribution in [3.63, 3.8) is 0 Å². The summed E-state index contributed by atoms with van der Waals surface area (Å²) in [6.45, 7) is 7.84. The first-order chi connectivity index (χ1) is 27.0. The molecule has 0 aliphatic rings. The predicted octanol–water partition coefficient (Wildman–Crippen LogP) is 9.68. The second-order valence-corrected chi connectivity index (χ2v) is 19.8. The van der Waals surface area contributed by atoms with Crippen LogP contribution in [-0.2, 0) is 18.0 Å². The molecule has 0 aliphatic heterocycles. The van der Waals surface area contributed by atoms with E-state index in [2.05, 4.69) is 0 Å². The highest BCUT2D eigenvalue weighted by Crippen LogP contribution is 2.44. The molecule has 7 rings (SSSR count). The maximum absolute atomic E-state index is 16.9. The topological polar surface area (TPSA) is 58.3 Å². The van der Waals surface area contributed by atoms with Gasteiger partial charge in [-0.25, -0.2) is 26.9 Å². The number of methoxy groups -OCH3 is 1. The number of hydrogen-bond acceptors (Lipinski definition) is 4. The Kier molecular flexibility index (Phi) is 10.2. The molecule has 5 aromatic carbocycles. The Morgan fingerprint density at radius 1 is 0.842 bits per heavy atom. The van der Waals surface area contributed by atoms with Crippen LogP contribution in [0.2, 0.25) is 5.04 Å². The molecule has 6 nitrogen and oxygen atoms in total. The first-order valence-corrected chi connectivity index (χ1v) is 20.3. The van der Waals surface area contributed by atoms with Gasteiger partial charge < -0.3 is 18.3 Å². The summed E-state index contributed by atoms with van der Waals surface area (Å²) >= 11 is 0. The lowest BCUT2D eigenvalue weighted by atomic mass is 9.94. The maximum atomic E-state index is 16.9. The molecule has 7 aromatic rings. The summed E-state index contributed by atoms with van der Waals surface area (Å²) in [7, 11) is -0.00115. The largest absolute Gasteiger partial charge is 0.494 e. The van der Waals surface area contributed by atoms with E-state index in [1.165, 1.54) is 17.9 Å². The van der Waals surface area contributed by atoms with E-state index in [9.17, 15) is 18.0 Å². The first-order valence-electron chi connectivity index (χ1n) is 18.4. The summed E-state index contributed by atoms with van der Waals surface area (Å²) in [5.74, 6) is -8.07. The molecule has 0 radical (unpaired) electrons. The maximum Gasteiger partial charge on any atom is 0.287 e. The van der Waals surface area contributed by atoms with Gasteiger partial charge in [0, 0.05) is 40.9 Å². The smallest absolute Gasteiger partial charge is 0.287 e. The molecule has 0 amide bonds. The predicted molar refractivity (Wildman–Crippen MR) is 216 cm³/mol. The molecule has 0 spiro atoms. The van der Waals surface area contributed by atoms with E-state index in [0.717, 1.165) is 27.3 Å². The monoisotopic (exact) mass is 795 g/mol. The highest BCUT2D eigenvalue weighted by molar-refractivity contribution is 6.99. The molecule has 12 heteroatoms. The molecule has 0 saturated carbocycles. The number of carbonyl (C=O) groups is 1. The van der Waals surface area contributed by atoms with Crippen molar-refractivity contribution in [2.45, 2.75) is 52.1 Å². The van der Waals surface area contributed by atoms with Crippen LogP contribution in [0.4, 0.5) is 22.0 Å². The average molecular weight is 796 g/mol. The third-order valence-corrected chi connectivity index (χ3v) is 15.7. The molecule has 0 aliphatic carbocycles. The van der Waals surface area contributed by atoms with Crippen LogP contribution in [-0.4, -0.2) is 47.9 Å². The lowest BCUT2D eigenvalue weighted by Crippen LogP contribution is -2.67. The summed E-state index contributed by atoms with van der Waals surface area (Å²) in [5.41, 5.74) is 2.82. The van der Waals surface area contributed by atoms with Gasteiger partial charge in [-0.3, -0.25) is 4.79 Å². The number of rotatable bonds is 11. The Balaban J connectivity index is 1.41. The summed E-state index contributed by atoms with van der Waals surface area (Å²) in [5, 5.41) is 1.34. The molecule has 57 heavy (non-hydrogen) atoms. The van der Waals surface area contributed by atoms with Gasteiger partial charge in [0.15, 0.2) is 29.0 Å². The Morgan fingerprint density at radius 3 is 2.00 bits per heavy atom. The number of imidazole rings is 1. The van der Waals surface area contributed by atoms with Crippen molar-refractivity contribution in [3.05, 3.63) is 143 Å². The van der Waals surface area contributed by atoms with Crippen LogP contribution < -0.4 is 15.1 Å². The number of halogens is 5. The van der Waals surface area contributed by atoms with Crippen LogP contribution in [0.3, 0.4) is 0 Å². The van der Waals surface area contributed by atoms with E-state index in [-0.39, 0.29) is 16.5 Å². The highest BCUT2D eigenvalue weighted by Gasteiger charge is 2.52. The number of ketones is 1. The number of nitrogens with zero attached hydrogens (tertiary/aromatic N) is 3. The van der Waals surface area contributed by atoms with E-state index in [1.807, 2.05) is 113 Å². The second-order valence-electron chi connectivity index (χ2n) is 15.5. The summed E-state index contributed by atoms with van der Waals surface area (Å²) < 4.78 is 92.5. The number of aryl methyl sites for hydroxylation is 3. The minimum Gasteiger partial charge on any atom is -0.494 e. The normalized spacial score (nSPS) is 12.5. The number of para-hydroxylation sites is 1. The number of aromatic nitrogens is 3. The number of carbonyl (C=O) groups excluding carboxylic acids is 1. The zero-order valence-electron chi connectivity index (χ0n) is 32.7. The third kappa shape index (κ3) is 6.84. The lowest BCUT2D eigenvalue weighted by molar-refractivity contribution is -0.0565. The Hall–Kier alpha value is -5.59. The van der Waals surface area contributed by atoms with Crippen LogP contribution in [0, 0.1) is 31.3 Å². The van der Waals surface area contributed by atoms with Gasteiger partial charge in [0.25, 0.3) is 14.2 Å². The fourth-order valence-electron chi connectivity index (χ4n) is 8.05. The van der Waals surface area contributed by atoms with Crippen molar-refractivity contribution in [3.8, 4) is 16.9 Å². The van der Waals surface area contributed by atoms with Gasteiger partial charge in [0.2, 0.25) is 0 Å². The molecule has 0 bridgehead atoms. The fraction of sp³-hybridized carbons (Fsp3) is 0.244. The van der Waals surface area contributed by atoms with Crippen molar-refractivity contribution in [2.75, 3.05) is 13.7 Å². The van der Waals surface area contributed by atoms with Gasteiger partial charge in [-0.15, -0.1) is 0 Å². The van der Waals surface area contributed by atoms with Gasteiger partial charge in [0.1, 0.15) is 17.9 Å². The summed E-state index contributed by atoms with van der Waals surface area (Å²) in [6.07, 6.45) is 1.26. The van der Waals surface area contributed by atoms with Crippen LogP contribution in [0.15, 0.2) is 103 Å². The number of hydrogen-bond donors (Lipinski definition) is 0. The zero-order valence-corrected chi connectivity index (χ0v) is 33.7. The summed E-state index contributed by atoms with van der Waals surface area (Å²) in [6, 6.07) is 27.0. The van der Waals surface area contributed by atoms with Crippen LogP contribution >= 0.6 is 0 Å². The SMILES string of the molecule is COc1c(-c2cccc3c(C(=O)c4cc(F)c(F)c(F)c4)cn(CC(F)(F)CO[Si](c4ccccc4)(c4ccccc4)C(C)(C)C)c23)c(C)cc2c1nc(C)n2C. The summed E-state index contributed by atoms with van der Waals surface area (Å²) in [4.78, 5) is 18.8. The van der Waals surface area contributed by atoms with E-state index >= 15 is 8.78 Å². The molecular weight excluding hydrogens is 754 g/mol. The Labute approximate surface area is 328 Å². The molecule has 0 N–H and O–H groups in total. The molecular formula is C45H42F5N3O3Si. The number of ether oxygens (including phenoxy) is 1.